The van der Waals surface area contributed by atoms with Crippen LogP contribution in [-0.2, 0) is 6.42 Å². The molecule has 3 aromatic heterocycles. The molecular weight excluding hydrogens is 264 g/mol. The molecule has 5 heteroatoms. The van der Waals surface area contributed by atoms with Gasteiger partial charge in [-0.15, -0.1) is 5.10 Å². The van der Waals surface area contributed by atoms with Gasteiger partial charge in [-0.1, -0.05) is 30.3 Å². The first kappa shape index (κ1) is 11.8. The molecule has 0 unspecified atom stereocenters. The van der Waals surface area contributed by atoms with Gasteiger partial charge < -0.3 is 4.42 Å². The fourth-order valence-electron chi connectivity index (χ4n) is 2.30. The van der Waals surface area contributed by atoms with Crippen molar-refractivity contribution in [3.05, 3.63) is 72.4 Å². The molecule has 1 aromatic carbocycles. The molecule has 21 heavy (non-hydrogen) atoms. The fourth-order valence-corrected chi connectivity index (χ4v) is 2.30. The maximum atomic E-state index is 5.44. The van der Waals surface area contributed by atoms with Crippen molar-refractivity contribution in [1.29, 1.82) is 0 Å². The van der Waals surface area contributed by atoms with E-state index in [0.717, 1.165) is 17.3 Å². The minimum absolute atomic E-state index is 0.579. The summed E-state index contributed by atoms with van der Waals surface area (Å²) in [6.07, 6.45) is 4.04. The Kier molecular flexibility index (Phi) is 2.74. The van der Waals surface area contributed by atoms with Crippen molar-refractivity contribution in [2.75, 3.05) is 0 Å². The molecule has 102 valence electrons. The van der Waals surface area contributed by atoms with Crippen molar-refractivity contribution in [2.24, 2.45) is 0 Å². The molecule has 0 fully saturated rings. The van der Waals surface area contributed by atoms with E-state index in [4.69, 9.17) is 4.42 Å². The van der Waals surface area contributed by atoms with Gasteiger partial charge in [-0.05, 0) is 23.8 Å². The zero-order chi connectivity index (χ0) is 14.1. The molecule has 0 N–H and O–H groups in total. The molecule has 0 amide bonds. The summed E-state index contributed by atoms with van der Waals surface area (Å²) in [4.78, 5) is 8.74. The summed E-state index contributed by atoms with van der Waals surface area (Å²) in [5.74, 6) is 2.07. The van der Waals surface area contributed by atoms with Crippen molar-refractivity contribution in [3.63, 3.8) is 0 Å². The van der Waals surface area contributed by atoms with Gasteiger partial charge in [-0.2, -0.15) is 9.50 Å². The Morgan fingerprint density at radius 3 is 2.71 bits per heavy atom. The van der Waals surface area contributed by atoms with Crippen LogP contribution in [0.4, 0.5) is 0 Å². The van der Waals surface area contributed by atoms with Crippen LogP contribution < -0.4 is 0 Å². The van der Waals surface area contributed by atoms with Crippen molar-refractivity contribution >= 4 is 5.78 Å². The Morgan fingerprint density at radius 2 is 1.90 bits per heavy atom. The molecule has 0 saturated carbocycles. The molecule has 0 spiro atoms. The molecule has 0 aliphatic rings. The van der Waals surface area contributed by atoms with E-state index in [1.165, 1.54) is 5.56 Å². The smallest absolute Gasteiger partial charge is 0.253 e. The highest BCUT2D eigenvalue weighted by atomic mass is 16.3. The van der Waals surface area contributed by atoms with Gasteiger partial charge in [-0.25, -0.2) is 4.98 Å². The highest BCUT2D eigenvalue weighted by molar-refractivity contribution is 5.54. The lowest BCUT2D eigenvalue weighted by atomic mass is 10.1. The lowest BCUT2D eigenvalue weighted by molar-refractivity contribution is 0.577. The quantitative estimate of drug-likeness (QED) is 0.577. The highest BCUT2D eigenvalue weighted by Gasteiger charge is 2.11. The number of fused-ring (bicyclic) bond motifs is 1. The van der Waals surface area contributed by atoms with Crippen LogP contribution in [0.15, 0.2) is 65.4 Å². The van der Waals surface area contributed by atoms with E-state index in [9.17, 15) is 0 Å². The van der Waals surface area contributed by atoms with E-state index in [2.05, 4.69) is 27.2 Å². The molecule has 0 aliphatic carbocycles. The van der Waals surface area contributed by atoms with Crippen LogP contribution >= 0.6 is 0 Å². The third-order valence-electron chi connectivity index (χ3n) is 3.26. The number of furan rings is 1. The molecule has 4 aromatic rings. The Balaban J connectivity index is 1.78. The highest BCUT2D eigenvalue weighted by Crippen LogP contribution is 2.19. The van der Waals surface area contributed by atoms with Crippen LogP contribution in [0.3, 0.4) is 0 Å². The number of hydrogen-bond donors (Lipinski definition) is 0. The summed E-state index contributed by atoms with van der Waals surface area (Å²) in [5, 5.41) is 4.55. The first-order valence-corrected chi connectivity index (χ1v) is 6.68. The third-order valence-corrected chi connectivity index (χ3v) is 3.26. The molecule has 3 heterocycles. The Morgan fingerprint density at radius 1 is 1.00 bits per heavy atom. The van der Waals surface area contributed by atoms with Crippen molar-refractivity contribution in [3.8, 4) is 11.5 Å². The molecule has 0 aliphatic heterocycles. The lowest BCUT2D eigenvalue weighted by Crippen LogP contribution is -1.95. The number of hydrogen-bond acceptors (Lipinski definition) is 4. The number of aromatic nitrogens is 4. The van der Waals surface area contributed by atoms with Crippen molar-refractivity contribution in [2.45, 2.75) is 6.42 Å². The van der Waals surface area contributed by atoms with Crippen molar-refractivity contribution in [1.82, 2.24) is 19.6 Å². The Bertz CT molecular complexity index is 866. The fraction of sp³-hybridized carbons (Fsp3) is 0.0625. The monoisotopic (exact) mass is 276 g/mol. The zero-order valence-corrected chi connectivity index (χ0v) is 11.2. The molecule has 0 atom stereocenters. The number of rotatable bonds is 3. The lowest BCUT2D eigenvalue weighted by Gasteiger charge is -1.98. The van der Waals surface area contributed by atoms with E-state index >= 15 is 0 Å². The second-order valence-corrected chi connectivity index (χ2v) is 4.71. The summed E-state index contributed by atoms with van der Waals surface area (Å²) in [6, 6.07) is 15.8. The van der Waals surface area contributed by atoms with Crippen LogP contribution in [0.2, 0.25) is 0 Å². The van der Waals surface area contributed by atoms with Crippen LogP contribution in [0.1, 0.15) is 11.4 Å². The van der Waals surface area contributed by atoms with E-state index in [0.29, 0.717) is 12.2 Å². The summed E-state index contributed by atoms with van der Waals surface area (Å²) in [6.45, 7) is 0. The van der Waals surface area contributed by atoms with Gasteiger partial charge in [0.25, 0.3) is 5.78 Å². The van der Waals surface area contributed by atoms with Crippen LogP contribution in [-0.4, -0.2) is 19.6 Å². The molecule has 0 radical (unpaired) electrons. The Hall–Kier alpha value is -2.95. The maximum Gasteiger partial charge on any atom is 0.253 e. The molecule has 4 rings (SSSR count). The predicted molar refractivity (Wildman–Crippen MR) is 77.7 cm³/mol. The van der Waals surface area contributed by atoms with Gasteiger partial charge in [0, 0.05) is 12.6 Å². The molecule has 0 bridgehead atoms. The standard InChI is InChI=1S/C16H12N4O/c1-2-5-12(6-3-1)11-15-18-16-17-9-8-13(20(16)19-15)14-7-4-10-21-14/h1-10H,11H2. The molecule has 5 nitrogen and oxygen atoms in total. The van der Waals surface area contributed by atoms with Gasteiger partial charge in [0.05, 0.1) is 6.26 Å². The second kappa shape index (κ2) is 4.86. The summed E-state index contributed by atoms with van der Waals surface area (Å²) in [5.41, 5.74) is 2.02. The van der Waals surface area contributed by atoms with Gasteiger partial charge in [0.1, 0.15) is 5.69 Å². The summed E-state index contributed by atoms with van der Waals surface area (Å²) in [7, 11) is 0. The number of benzene rings is 1. The van der Waals surface area contributed by atoms with Gasteiger partial charge >= 0.3 is 0 Å². The normalized spacial score (nSPS) is 11.0. The SMILES string of the molecule is c1ccc(Cc2nc3nccc(-c4ccco4)n3n2)cc1. The van der Waals surface area contributed by atoms with Gasteiger partial charge in [-0.3, -0.25) is 0 Å². The predicted octanol–water partition coefficient (Wildman–Crippen LogP) is 2.98. The Labute approximate surface area is 120 Å². The summed E-state index contributed by atoms with van der Waals surface area (Å²) >= 11 is 0. The van der Waals surface area contributed by atoms with E-state index in [1.54, 1.807) is 17.0 Å². The third kappa shape index (κ3) is 2.18. The number of nitrogens with zero attached hydrogens (tertiary/aromatic N) is 4. The molecular formula is C16H12N4O. The van der Waals surface area contributed by atoms with Crippen LogP contribution in [0, 0.1) is 0 Å². The van der Waals surface area contributed by atoms with E-state index in [-0.39, 0.29) is 0 Å². The van der Waals surface area contributed by atoms with Gasteiger partial charge in [0.2, 0.25) is 0 Å². The minimum atomic E-state index is 0.579. The second-order valence-electron chi connectivity index (χ2n) is 4.71. The van der Waals surface area contributed by atoms with Crippen LogP contribution in [0.25, 0.3) is 17.2 Å². The van der Waals surface area contributed by atoms with E-state index < -0.39 is 0 Å². The van der Waals surface area contributed by atoms with Crippen molar-refractivity contribution < 1.29 is 4.42 Å². The average Bonchev–Trinajstić information content (AvgIpc) is 3.16. The van der Waals surface area contributed by atoms with E-state index in [1.807, 2.05) is 36.4 Å². The molecule has 0 saturated heterocycles. The maximum absolute atomic E-state index is 5.44. The van der Waals surface area contributed by atoms with Gasteiger partial charge in [0.15, 0.2) is 11.6 Å². The minimum Gasteiger partial charge on any atom is -0.463 e. The van der Waals surface area contributed by atoms with Crippen LogP contribution in [0.5, 0.6) is 0 Å². The summed E-state index contributed by atoms with van der Waals surface area (Å²) < 4.78 is 7.16. The first-order chi connectivity index (χ1) is 10.4. The zero-order valence-electron chi connectivity index (χ0n) is 11.2. The topological polar surface area (TPSA) is 56.2 Å². The average molecular weight is 276 g/mol. The first-order valence-electron chi connectivity index (χ1n) is 6.68. The largest absolute Gasteiger partial charge is 0.463 e.